The molecule has 0 aromatic heterocycles. The summed E-state index contributed by atoms with van der Waals surface area (Å²) in [6, 6.07) is 11.6. The summed E-state index contributed by atoms with van der Waals surface area (Å²) >= 11 is 0. The molecule has 1 fully saturated rings. The van der Waals surface area contributed by atoms with Gasteiger partial charge in [-0.15, -0.1) is 12.4 Å². The fourth-order valence-corrected chi connectivity index (χ4v) is 2.75. The minimum absolute atomic E-state index is 0. The number of amides is 1. The monoisotopic (exact) mass is 414 g/mol. The van der Waals surface area contributed by atoms with Crippen molar-refractivity contribution in [3.8, 4) is 11.5 Å². The SMILES string of the molecule is CC(C(=O)NCc1ccc(Oc2ccc(C(F)(F)F)cc2)cc1)C1CNC1.Cl. The molecular formula is C20H22ClF3N2O2. The van der Waals surface area contributed by atoms with Crippen molar-refractivity contribution in [2.24, 2.45) is 11.8 Å². The summed E-state index contributed by atoms with van der Waals surface area (Å²) in [4.78, 5) is 12.1. The standard InChI is InChI=1S/C20H21F3N2O2.ClH/c1-13(15-11-24-12-15)19(26)25-10-14-2-6-17(7-3-14)27-18-8-4-16(5-9-18)20(21,22)23;/h2-9,13,15,24H,10-12H2,1H3,(H,25,26);1H. The van der Waals surface area contributed by atoms with Gasteiger partial charge >= 0.3 is 6.18 Å². The van der Waals surface area contributed by atoms with Crippen molar-refractivity contribution in [3.63, 3.8) is 0 Å². The Morgan fingerprint density at radius 3 is 2.11 bits per heavy atom. The number of nitrogens with one attached hydrogen (secondary N) is 2. The molecule has 2 aromatic carbocycles. The van der Waals surface area contributed by atoms with Crippen LogP contribution in [0.4, 0.5) is 13.2 Å². The van der Waals surface area contributed by atoms with Crippen LogP contribution in [0.2, 0.25) is 0 Å². The second-order valence-electron chi connectivity index (χ2n) is 6.69. The van der Waals surface area contributed by atoms with Crippen LogP contribution in [-0.4, -0.2) is 19.0 Å². The molecule has 152 valence electrons. The molecule has 0 bridgehead atoms. The zero-order valence-electron chi connectivity index (χ0n) is 15.3. The van der Waals surface area contributed by atoms with Crippen LogP contribution in [0.5, 0.6) is 11.5 Å². The minimum atomic E-state index is -4.36. The largest absolute Gasteiger partial charge is 0.457 e. The van der Waals surface area contributed by atoms with Gasteiger partial charge in [-0.1, -0.05) is 19.1 Å². The zero-order chi connectivity index (χ0) is 19.4. The summed E-state index contributed by atoms with van der Waals surface area (Å²) in [5.41, 5.74) is 0.204. The van der Waals surface area contributed by atoms with Crippen LogP contribution < -0.4 is 15.4 Å². The summed E-state index contributed by atoms with van der Waals surface area (Å²) in [6.45, 7) is 4.11. The van der Waals surface area contributed by atoms with Crippen LogP contribution in [0.15, 0.2) is 48.5 Å². The molecule has 1 aliphatic rings. The van der Waals surface area contributed by atoms with Gasteiger partial charge in [0.1, 0.15) is 11.5 Å². The van der Waals surface area contributed by atoms with Crippen LogP contribution in [0.1, 0.15) is 18.1 Å². The quantitative estimate of drug-likeness (QED) is 0.737. The molecule has 1 saturated heterocycles. The highest BCUT2D eigenvalue weighted by molar-refractivity contribution is 5.85. The predicted octanol–water partition coefficient (Wildman–Crippen LogP) is 4.39. The number of hydrogen-bond donors (Lipinski definition) is 2. The molecule has 4 nitrogen and oxygen atoms in total. The normalized spacial score (nSPS) is 15.1. The number of ether oxygens (including phenoxy) is 1. The molecule has 1 unspecified atom stereocenters. The highest BCUT2D eigenvalue weighted by atomic mass is 35.5. The Bertz CT molecular complexity index is 776. The molecule has 8 heteroatoms. The maximum Gasteiger partial charge on any atom is 0.416 e. The average Bonchev–Trinajstić information content (AvgIpc) is 2.59. The van der Waals surface area contributed by atoms with E-state index in [2.05, 4.69) is 10.6 Å². The lowest BCUT2D eigenvalue weighted by Gasteiger charge is -2.31. The molecule has 0 saturated carbocycles. The molecule has 1 aliphatic heterocycles. The van der Waals surface area contributed by atoms with Crippen LogP contribution in [-0.2, 0) is 17.5 Å². The van der Waals surface area contributed by atoms with Gasteiger partial charge < -0.3 is 15.4 Å². The third-order valence-electron chi connectivity index (χ3n) is 4.74. The zero-order valence-corrected chi connectivity index (χ0v) is 16.1. The van der Waals surface area contributed by atoms with E-state index >= 15 is 0 Å². The second kappa shape index (κ2) is 9.30. The van der Waals surface area contributed by atoms with Crippen LogP contribution in [0, 0.1) is 11.8 Å². The van der Waals surface area contributed by atoms with Gasteiger partial charge in [-0.05, 0) is 61.0 Å². The third-order valence-corrected chi connectivity index (χ3v) is 4.74. The average molecular weight is 415 g/mol. The van der Waals surface area contributed by atoms with Crippen molar-refractivity contribution in [1.82, 2.24) is 10.6 Å². The van der Waals surface area contributed by atoms with Gasteiger partial charge in [0.2, 0.25) is 5.91 Å². The maximum absolute atomic E-state index is 12.6. The summed E-state index contributed by atoms with van der Waals surface area (Å²) in [7, 11) is 0. The fourth-order valence-electron chi connectivity index (χ4n) is 2.75. The van der Waals surface area contributed by atoms with Crippen LogP contribution in [0.25, 0.3) is 0 Å². The Balaban J connectivity index is 0.00000280. The molecule has 0 aliphatic carbocycles. The maximum atomic E-state index is 12.6. The van der Waals surface area contributed by atoms with Gasteiger partial charge in [-0.3, -0.25) is 4.79 Å². The Hall–Kier alpha value is -2.25. The molecule has 28 heavy (non-hydrogen) atoms. The van der Waals surface area contributed by atoms with Crippen molar-refractivity contribution in [2.75, 3.05) is 13.1 Å². The number of carbonyl (C=O) groups excluding carboxylic acids is 1. The number of halogens is 4. The lowest BCUT2D eigenvalue weighted by molar-refractivity contribution is -0.137. The lowest BCUT2D eigenvalue weighted by Crippen LogP contribution is -2.49. The number of rotatable bonds is 6. The molecule has 1 amide bonds. The van der Waals surface area contributed by atoms with Crippen molar-refractivity contribution >= 4 is 18.3 Å². The van der Waals surface area contributed by atoms with E-state index in [1.807, 2.05) is 19.1 Å². The molecule has 1 heterocycles. The number of benzene rings is 2. The molecule has 0 radical (unpaired) electrons. The van der Waals surface area contributed by atoms with Crippen molar-refractivity contribution < 1.29 is 22.7 Å². The molecule has 1 atom stereocenters. The van der Waals surface area contributed by atoms with Crippen molar-refractivity contribution in [3.05, 3.63) is 59.7 Å². The first kappa shape index (κ1) is 22.0. The summed E-state index contributed by atoms with van der Waals surface area (Å²) in [5, 5.41) is 6.08. The fraction of sp³-hybridized carbons (Fsp3) is 0.350. The predicted molar refractivity (Wildman–Crippen MR) is 103 cm³/mol. The topological polar surface area (TPSA) is 50.4 Å². The van der Waals surface area contributed by atoms with Crippen molar-refractivity contribution in [1.29, 1.82) is 0 Å². The van der Waals surface area contributed by atoms with Crippen LogP contribution in [0.3, 0.4) is 0 Å². The Morgan fingerprint density at radius 2 is 1.64 bits per heavy atom. The Labute approximate surface area is 167 Å². The van der Waals surface area contributed by atoms with Gasteiger partial charge in [0.05, 0.1) is 5.56 Å². The number of alkyl halides is 3. The van der Waals surface area contributed by atoms with E-state index in [0.717, 1.165) is 30.8 Å². The van der Waals surface area contributed by atoms with E-state index < -0.39 is 11.7 Å². The molecule has 3 rings (SSSR count). The van der Waals surface area contributed by atoms with E-state index in [1.165, 1.54) is 12.1 Å². The number of carbonyl (C=O) groups is 1. The first-order valence-electron chi connectivity index (χ1n) is 8.75. The van der Waals surface area contributed by atoms with Gasteiger partial charge in [0.15, 0.2) is 0 Å². The Kier molecular flexibility index (Phi) is 7.32. The summed E-state index contributed by atoms with van der Waals surface area (Å²) in [5.74, 6) is 1.25. The highest BCUT2D eigenvalue weighted by Crippen LogP contribution is 2.31. The Morgan fingerprint density at radius 1 is 1.11 bits per heavy atom. The summed E-state index contributed by atoms with van der Waals surface area (Å²) < 4.78 is 43.2. The van der Waals surface area contributed by atoms with E-state index in [-0.39, 0.29) is 24.2 Å². The van der Waals surface area contributed by atoms with E-state index in [4.69, 9.17) is 4.74 Å². The van der Waals surface area contributed by atoms with Gasteiger partial charge in [0.25, 0.3) is 0 Å². The first-order chi connectivity index (χ1) is 12.8. The van der Waals surface area contributed by atoms with Crippen molar-refractivity contribution in [2.45, 2.75) is 19.6 Å². The molecule has 0 spiro atoms. The second-order valence-corrected chi connectivity index (χ2v) is 6.69. The lowest BCUT2D eigenvalue weighted by atomic mass is 9.88. The third kappa shape index (κ3) is 5.62. The smallest absolute Gasteiger partial charge is 0.416 e. The van der Waals surface area contributed by atoms with Gasteiger partial charge in [-0.25, -0.2) is 0 Å². The van der Waals surface area contributed by atoms with E-state index in [9.17, 15) is 18.0 Å². The van der Waals surface area contributed by atoms with Gasteiger partial charge in [0, 0.05) is 12.5 Å². The van der Waals surface area contributed by atoms with Gasteiger partial charge in [-0.2, -0.15) is 13.2 Å². The molecule has 2 aromatic rings. The number of hydrogen-bond acceptors (Lipinski definition) is 3. The van der Waals surface area contributed by atoms with E-state index in [0.29, 0.717) is 24.0 Å². The minimum Gasteiger partial charge on any atom is -0.457 e. The molecular weight excluding hydrogens is 393 g/mol. The summed E-state index contributed by atoms with van der Waals surface area (Å²) in [6.07, 6.45) is -4.36. The van der Waals surface area contributed by atoms with Crippen LogP contribution >= 0.6 is 12.4 Å². The first-order valence-corrected chi connectivity index (χ1v) is 8.75. The molecule has 2 N–H and O–H groups in total. The van der Waals surface area contributed by atoms with E-state index in [1.54, 1.807) is 12.1 Å². The highest BCUT2D eigenvalue weighted by Gasteiger charge is 2.30.